The van der Waals surface area contributed by atoms with E-state index in [1.807, 2.05) is 0 Å². The summed E-state index contributed by atoms with van der Waals surface area (Å²) in [5.74, 6) is -1.52. The molecule has 0 aliphatic rings. The minimum Gasteiger partial charge on any atom is -0.462 e. The highest BCUT2D eigenvalue weighted by Crippen LogP contribution is 2.26. The van der Waals surface area contributed by atoms with Crippen molar-refractivity contribution in [3.05, 3.63) is 34.4 Å². The zero-order chi connectivity index (χ0) is 33.0. The van der Waals surface area contributed by atoms with Gasteiger partial charge in [-0.1, -0.05) is 143 Å². The maximum Gasteiger partial charge on any atom is 0.339 e. The molecule has 0 bridgehead atoms. The molecule has 6 nitrogen and oxygen atoms in total. The topological polar surface area (TPSA) is 78.9 Å². The molecule has 1 aromatic carbocycles. The first-order valence-electron chi connectivity index (χ1n) is 18.7. The van der Waals surface area contributed by atoms with Crippen molar-refractivity contribution in [2.45, 2.75) is 175 Å². The van der Waals surface area contributed by atoms with Crippen LogP contribution in [0.3, 0.4) is 0 Å². The molecule has 258 valence electrons. The van der Waals surface area contributed by atoms with E-state index in [0.29, 0.717) is 30.8 Å². The van der Waals surface area contributed by atoms with E-state index in [1.54, 1.807) is 12.1 Å². The Labute approximate surface area is 275 Å². The van der Waals surface area contributed by atoms with Crippen molar-refractivity contribution in [2.75, 3.05) is 19.8 Å². The largest absolute Gasteiger partial charge is 0.462 e. The van der Waals surface area contributed by atoms with Crippen molar-refractivity contribution in [2.24, 2.45) is 0 Å². The van der Waals surface area contributed by atoms with Crippen LogP contribution in [0.4, 0.5) is 0 Å². The van der Waals surface area contributed by atoms with Gasteiger partial charge in [-0.3, -0.25) is 0 Å². The lowest BCUT2D eigenvalue weighted by Gasteiger charge is -2.18. The van der Waals surface area contributed by atoms with Crippen molar-refractivity contribution >= 4 is 17.9 Å². The molecule has 6 heteroatoms. The fourth-order valence-electron chi connectivity index (χ4n) is 5.60. The third-order valence-corrected chi connectivity index (χ3v) is 8.43. The van der Waals surface area contributed by atoms with Gasteiger partial charge in [-0.05, 0) is 49.8 Å². The lowest BCUT2D eigenvalue weighted by molar-refractivity contribution is 0.0446. The van der Waals surface area contributed by atoms with Crippen LogP contribution < -0.4 is 0 Å². The van der Waals surface area contributed by atoms with Gasteiger partial charge in [0.25, 0.3) is 0 Å². The number of hydrogen-bond donors (Lipinski definition) is 0. The number of esters is 3. The second-order valence-corrected chi connectivity index (χ2v) is 12.5. The van der Waals surface area contributed by atoms with Crippen LogP contribution in [-0.2, 0) is 20.6 Å². The lowest BCUT2D eigenvalue weighted by atomic mass is 9.91. The highest BCUT2D eigenvalue weighted by molar-refractivity contribution is 6.07. The fourth-order valence-corrected chi connectivity index (χ4v) is 5.60. The molecule has 0 N–H and O–H groups in total. The number of ether oxygens (including phenoxy) is 3. The van der Waals surface area contributed by atoms with Gasteiger partial charge in [-0.25, -0.2) is 14.4 Å². The molecule has 0 aliphatic carbocycles. The van der Waals surface area contributed by atoms with Crippen LogP contribution in [0.2, 0.25) is 0 Å². The van der Waals surface area contributed by atoms with Crippen molar-refractivity contribution in [1.82, 2.24) is 0 Å². The Morgan fingerprint density at radius 3 is 1.20 bits per heavy atom. The van der Waals surface area contributed by atoms with Gasteiger partial charge in [0.2, 0.25) is 0 Å². The van der Waals surface area contributed by atoms with Gasteiger partial charge in [-0.2, -0.15) is 0 Å². The Morgan fingerprint density at radius 2 is 0.756 bits per heavy atom. The summed E-state index contributed by atoms with van der Waals surface area (Å²) in [7, 11) is 0. The summed E-state index contributed by atoms with van der Waals surface area (Å²) >= 11 is 0. The van der Waals surface area contributed by atoms with E-state index in [-0.39, 0.29) is 17.7 Å². The average Bonchev–Trinajstić information content (AvgIpc) is 3.04. The van der Waals surface area contributed by atoms with E-state index in [0.717, 1.165) is 103 Å². The highest BCUT2D eigenvalue weighted by Gasteiger charge is 2.28. The summed E-state index contributed by atoms with van der Waals surface area (Å²) in [5.41, 5.74) is 1.30. The minimum atomic E-state index is -0.549. The molecule has 0 heterocycles. The van der Waals surface area contributed by atoms with E-state index in [1.165, 1.54) is 38.5 Å². The molecular weight excluding hydrogens is 564 g/mol. The van der Waals surface area contributed by atoms with Gasteiger partial charge in [-0.15, -0.1) is 0 Å². The van der Waals surface area contributed by atoms with Crippen LogP contribution in [0.5, 0.6) is 0 Å². The highest BCUT2D eigenvalue weighted by atomic mass is 16.5. The molecule has 1 aromatic rings. The first kappa shape index (κ1) is 40.7. The lowest BCUT2D eigenvalue weighted by Crippen LogP contribution is -2.21. The van der Waals surface area contributed by atoms with E-state index < -0.39 is 17.9 Å². The number of hydrogen-bond acceptors (Lipinski definition) is 6. The number of benzene rings is 1. The first-order chi connectivity index (χ1) is 22.0. The van der Waals surface area contributed by atoms with Crippen molar-refractivity contribution < 1.29 is 28.6 Å². The summed E-state index contributed by atoms with van der Waals surface area (Å²) in [5, 5.41) is 0. The number of carbonyl (C=O) groups is 3. The molecular formula is C39H66O6. The quantitative estimate of drug-likeness (QED) is 0.0498. The van der Waals surface area contributed by atoms with E-state index in [9.17, 15) is 14.4 Å². The smallest absolute Gasteiger partial charge is 0.339 e. The molecule has 0 aliphatic heterocycles. The van der Waals surface area contributed by atoms with Crippen LogP contribution in [0, 0.1) is 0 Å². The molecule has 45 heavy (non-hydrogen) atoms. The van der Waals surface area contributed by atoms with Crippen LogP contribution in [-0.4, -0.2) is 37.7 Å². The fraction of sp³-hybridized carbons (Fsp3) is 0.769. The van der Waals surface area contributed by atoms with Crippen LogP contribution in [0.1, 0.15) is 206 Å². The zero-order valence-electron chi connectivity index (χ0n) is 29.5. The Kier molecular flexibility index (Phi) is 25.2. The molecule has 0 amide bonds. The van der Waals surface area contributed by atoms with Crippen molar-refractivity contribution in [3.8, 4) is 0 Å². The molecule has 0 spiro atoms. The maximum atomic E-state index is 13.7. The van der Waals surface area contributed by atoms with Gasteiger partial charge in [0, 0.05) is 0 Å². The Bertz CT molecular complexity index is 924. The van der Waals surface area contributed by atoms with E-state index in [2.05, 4.69) is 27.7 Å². The SMILES string of the molecule is CCCCCCCCCc1c(C(=O)OCCCCCCC)ccc(C(=O)OCCCCCCC)c1C(=O)OCCCCCCC. The maximum absolute atomic E-state index is 13.7. The zero-order valence-corrected chi connectivity index (χ0v) is 29.5. The van der Waals surface area contributed by atoms with E-state index >= 15 is 0 Å². The van der Waals surface area contributed by atoms with Crippen LogP contribution >= 0.6 is 0 Å². The van der Waals surface area contributed by atoms with Crippen LogP contribution in [0.25, 0.3) is 0 Å². The molecule has 0 saturated carbocycles. The number of unbranched alkanes of at least 4 members (excludes halogenated alkanes) is 18. The number of rotatable bonds is 29. The second kappa shape index (κ2) is 27.9. The third-order valence-electron chi connectivity index (χ3n) is 8.43. The van der Waals surface area contributed by atoms with Crippen molar-refractivity contribution in [3.63, 3.8) is 0 Å². The number of carbonyl (C=O) groups excluding carboxylic acids is 3. The summed E-state index contributed by atoms with van der Waals surface area (Å²) in [6.07, 6.45) is 24.0. The van der Waals surface area contributed by atoms with Gasteiger partial charge in [0.1, 0.15) is 0 Å². The van der Waals surface area contributed by atoms with E-state index in [4.69, 9.17) is 14.2 Å². The molecule has 0 fully saturated rings. The van der Waals surface area contributed by atoms with Gasteiger partial charge < -0.3 is 14.2 Å². The third kappa shape index (κ3) is 18.4. The summed E-state index contributed by atoms with van der Waals surface area (Å²) < 4.78 is 17.1. The van der Waals surface area contributed by atoms with Gasteiger partial charge >= 0.3 is 17.9 Å². The molecule has 0 unspecified atom stereocenters. The Hall–Kier alpha value is -2.37. The summed E-state index contributed by atoms with van der Waals surface area (Å²) in [6, 6.07) is 3.21. The summed E-state index contributed by atoms with van der Waals surface area (Å²) in [4.78, 5) is 40.4. The normalized spacial score (nSPS) is 11.0. The predicted molar refractivity (Wildman–Crippen MR) is 185 cm³/mol. The monoisotopic (exact) mass is 630 g/mol. The van der Waals surface area contributed by atoms with Crippen LogP contribution in [0.15, 0.2) is 12.1 Å². The average molecular weight is 631 g/mol. The summed E-state index contributed by atoms with van der Waals surface area (Å²) in [6.45, 7) is 9.67. The van der Waals surface area contributed by atoms with Gasteiger partial charge in [0.05, 0.1) is 36.5 Å². The first-order valence-corrected chi connectivity index (χ1v) is 18.7. The molecule has 0 atom stereocenters. The molecule has 1 rings (SSSR count). The molecule has 0 aromatic heterocycles. The Balaban J connectivity index is 3.21. The minimum absolute atomic E-state index is 0.183. The second-order valence-electron chi connectivity index (χ2n) is 12.5. The standard InChI is InChI=1S/C39H66O6/c1-5-9-13-17-18-19-23-27-33-34(37(40)43-30-24-20-14-10-6-2)28-29-35(38(41)44-31-25-21-15-11-7-3)36(33)39(42)45-32-26-22-16-12-8-4/h28-29H,5-27,30-32H2,1-4H3. The molecule has 0 radical (unpaired) electrons. The van der Waals surface area contributed by atoms with Gasteiger partial charge in [0.15, 0.2) is 0 Å². The molecule has 0 saturated heterocycles. The van der Waals surface area contributed by atoms with Crippen molar-refractivity contribution in [1.29, 1.82) is 0 Å². The predicted octanol–water partition coefficient (Wildman–Crippen LogP) is 11.4. The Morgan fingerprint density at radius 1 is 0.422 bits per heavy atom.